The van der Waals surface area contributed by atoms with Gasteiger partial charge < -0.3 is 25.7 Å². The van der Waals surface area contributed by atoms with E-state index in [9.17, 15) is 19.2 Å². The Morgan fingerprint density at radius 3 is 2.97 bits per heavy atom. The van der Waals surface area contributed by atoms with Crippen molar-refractivity contribution in [3.8, 4) is 5.75 Å². The highest BCUT2D eigenvalue weighted by Gasteiger charge is 2.29. The van der Waals surface area contributed by atoms with E-state index in [0.717, 1.165) is 35.3 Å². The molecule has 0 fully saturated rings. The Morgan fingerprint density at radius 1 is 1.29 bits per heavy atom. The molecule has 10 nitrogen and oxygen atoms in total. The number of aromatic amines is 1. The maximum absolute atomic E-state index is 13.0. The van der Waals surface area contributed by atoms with Gasteiger partial charge in [0.15, 0.2) is 6.61 Å². The number of carbonyl (C=O) groups is 3. The third-order valence-electron chi connectivity index (χ3n) is 6.10. The predicted octanol–water partition coefficient (Wildman–Crippen LogP) is 1.80. The van der Waals surface area contributed by atoms with Gasteiger partial charge in [-0.3, -0.25) is 19.2 Å². The molecule has 1 aliphatic heterocycles. The van der Waals surface area contributed by atoms with E-state index in [2.05, 4.69) is 25.9 Å². The fraction of sp³-hybridized carbons (Fsp3) is 0.348. The number of hydrogen-bond acceptors (Lipinski definition) is 7. The van der Waals surface area contributed by atoms with Crippen molar-refractivity contribution in [2.24, 2.45) is 0 Å². The molecule has 5 rings (SSSR count). The van der Waals surface area contributed by atoms with E-state index in [1.54, 1.807) is 25.2 Å². The molecule has 2 aliphatic rings. The number of thiophene rings is 1. The highest BCUT2D eigenvalue weighted by atomic mass is 32.1. The SMILES string of the molecule is CNC(=O)CC1CCCc2sc3nc(C(=O)NCc4ccc5c(c4)NC(=O)CO5)[nH]c(=O)c3c21. The van der Waals surface area contributed by atoms with Crippen LogP contribution >= 0.6 is 11.3 Å². The first-order valence-electron chi connectivity index (χ1n) is 11.0. The van der Waals surface area contributed by atoms with Gasteiger partial charge in [-0.05, 0) is 48.4 Å². The molecule has 0 saturated carbocycles. The zero-order valence-corrected chi connectivity index (χ0v) is 19.3. The van der Waals surface area contributed by atoms with Gasteiger partial charge in [-0.2, -0.15) is 0 Å². The lowest BCUT2D eigenvalue weighted by atomic mass is 9.84. The minimum atomic E-state index is -0.509. The zero-order chi connectivity index (χ0) is 23.8. The number of fused-ring (bicyclic) bond motifs is 4. The van der Waals surface area contributed by atoms with Gasteiger partial charge in [-0.15, -0.1) is 11.3 Å². The standard InChI is InChI=1S/C23H23N5O5S/c1-24-16(29)8-12-3-2-4-15-18(12)19-21(31)27-20(28-23(19)34-15)22(32)25-9-11-5-6-14-13(7-11)26-17(30)10-33-14/h5-7,12H,2-4,8-10H2,1H3,(H,24,29)(H,25,32)(H,26,30)(H,27,28,31). The third kappa shape index (κ3) is 4.14. The van der Waals surface area contributed by atoms with Crippen LogP contribution in [0.5, 0.6) is 5.75 Å². The fourth-order valence-electron chi connectivity index (χ4n) is 4.49. The van der Waals surface area contributed by atoms with Crippen molar-refractivity contribution in [3.63, 3.8) is 0 Å². The molecule has 3 aromatic rings. The Hall–Kier alpha value is -3.73. The Morgan fingerprint density at radius 2 is 2.15 bits per heavy atom. The number of aryl methyl sites for hydroxylation is 1. The summed E-state index contributed by atoms with van der Waals surface area (Å²) in [6, 6.07) is 5.25. The molecular weight excluding hydrogens is 458 g/mol. The molecular formula is C23H23N5O5S. The summed E-state index contributed by atoms with van der Waals surface area (Å²) in [6.07, 6.45) is 2.93. The second kappa shape index (κ2) is 8.90. The molecule has 3 heterocycles. The number of anilines is 1. The molecule has 0 radical (unpaired) electrons. The van der Waals surface area contributed by atoms with E-state index in [-0.39, 0.29) is 42.3 Å². The van der Waals surface area contributed by atoms with E-state index in [0.29, 0.717) is 28.1 Å². The van der Waals surface area contributed by atoms with Gasteiger partial charge in [0.2, 0.25) is 11.7 Å². The first-order chi connectivity index (χ1) is 16.4. The highest BCUT2D eigenvalue weighted by Crippen LogP contribution is 2.41. The van der Waals surface area contributed by atoms with Gasteiger partial charge in [0, 0.05) is 24.9 Å². The summed E-state index contributed by atoms with van der Waals surface area (Å²) in [4.78, 5) is 57.9. The number of nitrogens with one attached hydrogen (secondary N) is 4. The smallest absolute Gasteiger partial charge is 0.287 e. The van der Waals surface area contributed by atoms with Crippen molar-refractivity contribution in [2.45, 2.75) is 38.1 Å². The van der Waals surface area contributed by atoms with Crippen molar-refractivity contribution in [3.05, 3.63) is 50.4 Å². The lowest BCUT2D eigenvalue weighted by Gasteiger charge is -2.22. The first kappa shape index (κ1) is 22.1. The average molecular weight is 482 g/mol. The molecule has 1 atom stereocenters. The van der Waals surface area contributed by atoms with Crippen LogP contribution < -0.4 is 26.2 Å². The summed E-state index contributed by atoms with van der Waals surface area (Å²) in [7, 11) is 1.60. The first-order valence-corrected chi connectivity index (χ1v) is 11.8. The lowest BCUT2D eigenvalue weighted by molar-refractivity contribution is -0.121. The topological polar surface area (TPSA) is 142 Å². The van der Waals surface area contributed by atoms with Gasteiger partial charge >= 0.3 is 0 Å². The molecule has 11 heteroatoms. The van der Waals surface area contributed by atoms with E-state index in [4.69, 9.17) is 4.74 Å². The molecule has 4 N–H and O–H groups in total. The maximum atomic E-state index is 13.0. The number of rotatable bonds is 5. The van der Waals surface area contributed by atoms with Crippen LogP contribution in [0.3, 0.4) is 0 Å². The monoisotopic (exact) mass is 481 g/mol. The number of H-pyrrole nitrogens is 1. The van der Waals surface area contributed by atoms with Gasteiger partial charge in [0.1, 0.15) is 10.6 Å². The predicted molar refractivity (Wildman–Crippen MR) is 126 cm³/mol. The molecule has 1 aromatic carbocycles. The van der Waals surface area contributed by atoms with Gasteiger partial charge in [0.05, 0.1) is 11.1 Å². The molecule has 2 aromatic heterocycles. The Bertz CT molecular complexity index is 1380. The summed E-state index contributed by atoms with van der Waals surface area (Å²) in [6.45, 7) is 0.155. The minimum Gasteiger partial charge on any atom is -0.482 e. The fourth-order valence-corrected chi connectivity index (χ4v) is 5.79. The van der Waals surface area contributed by atoms with Crippen LogP contribution in [0.4, 0.5) is 5.69 Å². The molecule has 0 spiro atoms. The zero-order valence-electron chi connectivity index (χ0n) is 18.4. The number of amides is 3. The summed E-state index contributed by atoms with van der Waals surface area (Å²) in [5.41, 5.74) is 1.83. The number of ether oxygens (including phenoxy) is 1. The van der Waals surface area contributed by atoms with Crippen LogP contribution in [0.15, 0.2) is 23.0 Å². The van der Waals surface area contributed by atoms with Gasteiger partial charge in [-0.1, -0.05) is 6.07 Å². The number of benzene rings is 1. The number of carbonyl (C=O) groups excluding carboxylic acids is 3. The average Bonchev–Trinajstić information content (AvgIpc) is 3.22. The van der Waals surface area contributed by atoms with Crippen LogP contribution in [-0.4, -0.2) is 41.3 Å². The number of hydrogen-bond donors (Lipinski definition) is 4. The van der Waals surface area contributed by atoms with Crippen LogP contribution in [0.1, 0.15) is 51.8 Å². The van der Waals surface area contributed by atoms with E-state index < -0.39 is 5.91 Å². The quantitative estimate of drug-likeness (QED) is 0.438. The molecule has 3 amide bonds. The van der Waals surface area contributed by atoms with Crippen molar-refractivity contribution < 1.29 is 19.1 Å². The van der Waals surface area contributed by atoms with Crippen molar-refractivity contribution in [1.82, 2.24) is 20.6 Å². The summed E-state index contributed by atoms with van der Waals surface area (Å²) < 4.78 is 5.34. The van der Waals surface area contributed by atoms with Crippen LogP contribution in [0.2, 0.25) is 0 Å². The van der Waals surface area contributed by atoms with Crippen molar-refractivity contribution >= 4 is 45.0 Å². The maximum Gasteiger partial charge on any atom is 0.287 e. The molecule has 176 valence electrons. The Kier molecular flexibility index (Phi) is 5.78. The summed E-state index contributed by atoms with van der Waals surface area (Å²) in [5.74, 6) is -0.333. The minimum absolute atomic E-state index is 0.0245. The van der Waals surface area contributed by atoms with Crippen molar-refractivity contribution in [2.75, 3.05) is 19.0 Å². The van der Waals surface area contributed by atoms with E-state index in [1.165, 1.54) is 11.3 Å². The Labute approximate surface area is 198 Å². The van der Waals surface area contributed by atoms with Gasteiger partial charge in [0.25, 0.3) is 17.4 Å². The second-order valence-electron chi connectivity index (χ2n) is 8.35. The molecule has 34 heavy (non-hydrogen) atoms. The number of aromatic nitrogens is 2. The lowest BCUT2D eigenvalue weighted by Crippen LogP contribution is -2.28. The summed E-state index contributed by atoms with van der Waals surface area (Å²) in [5, 5.41) is 8.62. The second-order valence-corrected chi connectivity index (χ2v) is 9.43. The largest absolute Gasteiger partial charge is 0.482 e. The third-order valence-corrected chi connectivity index (χ3v) is 7.26. The van der Waals surface area contributed by atoms with Crippen LogP contribution in [-0.2, 0) is 22.6 Å². The normalized spacial score (nSPS) is 16.7. The van der Waals surface area contributed by atoms with E-state index in [1.807, 2.05) is 0 Å². The molecule has 1 aliphatic carbocycles. The number of nitrogens with zero attached hydrogens (tertiary/aromatic N) is 1. The van der Waals surface area contributed by atoms with Crippen LogP contribution in [0, 0.1) is 0 Å². The van der Waals surface area contributed by atoms with E-state index >= 15 is 0 Å². The van der Waals surface area contributed by atoms with Gasteiger partial charge in [-0.25, -0.2) is 4.98 Å². The molecule has 0 bridgehead atoms. The Balaban J connectivity index is 1.37. The summed E-state index contributed by atoms with van der Waals surface area (Å²) >= 11 is 1.42. The van der Waals surface area contributed by atoms with Crippen LogP contribution in [0.25, 0.3) is 10.2 Å². The molecule has 1 unspecified atom stereocenters. The van der Waals surface area contributed by atoms with Crippen molar-refractivity contribution in [1.29, 1.82) is 0 Å². The highest BCUT2D eigenvalue weighted by molar-refractivity contribution is 7.18. The molecule has 0 saturated heterocycles.